The average molecular weight is 241 g/mol. The SMILES string of the molecule is Cc1cnc(C(=O)n2ccc3c(N)cccc32)o1. The molecular formula is C13H11N3O2. The van der Waals surface area contributed by atoms with Crippen molar-refractivity contribution in [2.75, 3.05) is 5.73 Å². The van der Waals surface area contributed by atoms with E-state index in [9.17, 15) is 4.79 Å². The topological polar surface area (TPSA) is 74.0 Å². The summed E-state index contributed by atoms with van der Waals surface area (Å²) in [6, 6.07) is 7.24. The number of aryl methyl sites for hydroxylation is 1. The molecule has 0 amide bonds. The van der Waals surface area contributed by atoms with Crippen LogP contribution in [0, 0.1) is 6.92 Å². The highest BCUT2D eigenvalue weighted by molar-refractivity contribution is 6.02. The molecule has 0 unspecified atom stereocenters. The van der Waals surface area contributed by atoms with Gasteiger partial charge in [0.25, 0.3) is 5.89 Å². The molecule has 2 N–H and O–H groups in total. The van der Waals surface area contributed by atoms with Gasteiger partial charge in [-0.1, -0.05) is 6.07 Å². The van der Waals surface area contributed by atoms with Gasteiger partial charge in [0.05, 0.1) is 11.7 Å². The molecule has 5 nitrogen and oxygen atoms in total. The van der Waals surface area contributed by atoms with Gasteiger partial charge in [-0.05, 0) is 25.1 Å². The molecule has 3 aromatic rings. The largest absolute Gasteiger partial charge is 0.438 e. The minimum Gasteiger partial charge on any atom is -0.438 e. The number of carbonyl (C=O) groups is 1. The van der Waals surface area contributed by atoms with Gasteiger partial charge in [0.15, 0.2) is 0 Å². The molecule has 0 radical (unpaired) electrons. The van der Waals surface area contributed by atoms with Crippen LogP contribution in [0.4, 0.5) is 5.69 Å². The summed E-state index contributed by atoms with van der Waals surface area (Å²) in [4.78, 5) is 16.1. The van der Waals surface area contributed by atoms with E-state index in [1.165, 1.54) is 10.8 Å². The minimum absolute atomic E-state index is 0.0763. The second-order valence-corrected chi connectivity index (χ2v) is 4.05. The van der Waals surface area contributed by atoms with E-state index < -0.39 is 0 Å². The Labute approximate surface area is 103 Å². The summed E-state index contributed by atoms with van der Waals surface area (Å²) in [7, 11) is 0. The molecule has 0 aliphatic rings. The Bertz CT molecular complexity index is 740. The zero-order valence-electron chi connectivity index (χ0n) is 9.75. The van der Waals surface area contributed by atoms with Gasteiger partial charge in [-0.2, -0.15) is 0 Å². The van der Waals surface area contributed by atoms with Crippen molar-refractivity contribution in [1.29, 1.82) is 0 Å². The fourth-order valence-corrected chi connectivity index (χ4v) is 1.93. The van der Waals surface area contributed by atoms with E-state index in [2.05, 4.69) is 4.98 Å². The number of aromatic nitrogens is 2. The molecule has 0 bridgehead atoms. The van der Waals surface area contributed by atoms with Gasteiger partial charge < -0.3 is 10.2 Å². The van der Waals surface area contributed by atoms with E-state index in [0.29, 0.717) is 11.4 Å². The van der Waals surface area contributed by atoms with Gasteiger partial charge in [0.2, 0.25) is 0 Å². The normalized spacial score (nSPS) is 10.9. The summed E-state index contributed by atoms with van der Waals surface area (Å²) in [6.07, 6.45) is 3.19. The summed E-state index contributed by atoms with van der Waals surface area (Å²) in [5.74, 6) is 0.380. The fourth-order valence-electron chi connectivity index (χ4n) is 1.93. The highest BCUT2D eigenvalue weighted by Gasteiger charge is 2.16. The number of carbonyl (C=O) groups excluding carboxylic acids is 1. The van der Waals surface area contributed by atoms with Crippen LogP contribution in [0.25, 0.3) is 10.9 Å². The molecule has 0 fully saturated rings. The molecule has 2 aromatic heterocycles. The van der Waals surface area contributed by atoms with E-state index in [-0.39, 0.29) is 11.8 Å². The van der Waals surface area contributed by atoms with Crippen molar-refractivity contribution in [3.05, 3.63) is 48.3 Å². The third-order valence-corrected chi connectivity index (χ3v) is 2.79. The predicted molar refractivity (Wildman–Crippen MR) is 67.3 cm³/mol. The number of hydrogen-bond donors (Lipinski definition) is 1. The van der Waals surface area contributed by atoms with Crippen LogP contribution < -0.4 is 5.73 Å². The fraction of sp³-hybridized carbons (Fsp3) is 0.0769. The predicted octanol–water partition coefficient (Wildman–Crippen LogP) is 2.21. The van der Waals surface area contributed by atoms with Crippen LogP contribution in [0.15, 0.2) is 41.1 Å². The van der Waals surface area contributed by atoms with Crippen molar-refractivity contribution in [3.63, 3.8) is 0 Å². The lowest BCUT2D eigenvalue weighted by atomic mass is 10.2. The van der Waals surface area contributed by atoms with Crippen LogP contribution in [0.1, 0.15) is 16.4 Å². The van der Waals surface area contributed by atoms with E-state index in [4.69, 9.17) is 10.2 Å². The van der Waals surface area contributed by atoms with Gasteiger partial charge in [-0.25, -0.2) is 4.98 Å². The van der Waals surface area contributed by atoms with Crippen LogP contribution in [0.5, 0.6) is 0 Å². The first-order valence-electron chi connectivity index (χ1n) is 5.49. The lowest BCUT2D eigenvalue weighted by Crippen LogP contribution is -2.10. The summed E-state index contributed by atoms with van der Waals surface area (Å²) in [6.45, 7) is 1.75. The smallest absolute Gasteiger partial charge is 0.318 e. The Morgan fingerprint density at radius 3 is 2.94 bits per heavy atom. The maximum Gasteiger partial charge on any atom is 0.318 e. The highest BCUT2D eigenvalue weighted by Crippen LogP contribution is 2.22. The molecule has 3 rings (SSSR count). The summed E-state index contributed by atoms with van der Waals surface area (Å²) >= 11 is 0. The quantitative estimate of drug-likeness (QED) is 0.663. The Hall–Kier alpha value is -2.56. The number of oxazole rings is 1. The number of anilines is 1. The van der Waals surface area contributed by atoms with Gasteiger partial charge >= 0.3 is 5.91 Å². The second-order valence-electron chi connectivity index (χ2n) is 4.05. The third-order valence-electron chi connectivity index (χ3n) is 2.79. The van der Waals surface area contributed by atoms with Crippen LogP contribution in [0.3, 0.4) is 0 Å². The zero-order valence-corrected chi connectivity index (χ0v) is 9.75. The molecule has 0 atom stereocenters. The number of fused-ring (bicyclic) bond motifs is 1. The molecule has 0 saturated heterocycles. The summed E-state index contributed by atoms with van der Waals surface area (Å²) < 4.78 is 6.72. The number of rotatable bonds is 1. The lowest BCUT2D eigenvalue weighted by Gasteiger charge is -2.01. The molecule has 90 valence electrons. The molecular weight excluding hydrogens is 230 g/mol. The minimum atomic E-state index is -0.302. The van der Waals surface area contributed by atoms with Gasteiger partial charge in [0, 0.05) is 17.3 Å². The Kier molecular flexibility index (Phi) is 2.19. The van der Waals surface area contributed by atoms with Crippen LogP contribution in [0.2, 0.25) is 0 Å². The molecule has 0 spiro atoms. The van der Waals surface area contributed by atoms with Crippen molar-refractivity contribution < 1.29 is 9.21 Å². The van der Waals surface area contributed by atoms with Crippen molar-refractivity contribution in [1.82, 2.24) is 9.55 Å². The van der Waals surface area contributed by atoms with E-state index in [1.807, 2.05) is 12.1 Å². The second kappa shape index (κ2) is 3.73. The van der Waals surface area contributed by atoms with Crippen molar-refractivity contribution in [2.24, 2.45) is 0 Å². The monoisotopic (exact) mass is 241 g/mol. The molecule has 5 heteroatoms. The standard InChI is InChI=1S/C13H11N3O2/c1-8-7-15-12(18-8)13(17)16-6-5-9-10(14)3-2-4-11(9)16/h2-7H,14H2,1H3. The third kappa shape index (κ3) is 1.48. The number of hydrogen-bond acceptors (Lipinski definition) is 4. The van der Waals surface area contributed by atoms with Gasteiger partial charge in [-0.3, -0.25) is 9.36 Å². The zero-order chi connectivity index (χ0) is 12.7. The first-order valence-corrected chi connectivity index (χ1v) is 5.49. The molecule has 0 aliphatic heterocycles. The number of nitrogen functional groups attached to an aromatic ring is 1. The number of nitrogens with two attached hydrogens (primary N) is 1. The Morgan fingerprint density at radius 1 is 1.39 bits per heavy atom. The highest BCUT2D eigenvalue weighted by atomic mass is 16.4. The van der Waals surface area contributed by atoms with Crippen LogP contribution in [-0.4, -0.2) is 15.5 Å². The van der Waals surface area contributed by atoms with Crippen LogP contribution in [-0.2, 0) is 0 Å². The number of benzene rings is 1. The van der Waals surface area contributed by atoms with E-state index in [1.54, 1.807) is 25.3 Å². The molecule has 1 aromatic carbocycles. The lowest BCUT2D eigenvalue weighted by molar-refractivity contribution is 0.0929. The molecule has 0 saturated carbocycles. The first-order chi connectivity index (χ1) is 8.66. The van der Waals surface area contributed by atoms with Crippen molar-refractivity contribution in [3.8, 4) is 0 Å². The van der Waals surface area contributed by atoms with Crippen molar-refractivity contribution >= 4 is 22.5 Å². The van der Waals surface area contributed by atoms with Gasteiger partial charge in [-0.15, -0.1) is 0 Å². The number of nitrogens with zero attached hydrogens (tertiary/aromatic N) is 2. The average Bonchev–Trinajstić information content (AvgIpc) is 2.95. The summed E-state index contributed by atoms with van der Waals surface area (Å²) in [5, 5.41) is 0.842. The Balaban J connectivity index is 2.15. The van der Waals surface area contributed by atoms with Crippen molar-refractivity contribution in [2.45, 2.75) is 6.92 Å². The summed E-state index contributed by atoms with van der Waals surface area (Å²) in [5.41, 5.74) is 7.24. The van der Waals surface area contributed by atoms with E-state index in [0.717, 1.165) is 10.9 Å². The molecule has 0 aliphatic carbocycles. The first kappa shape index (κ1) is 10.6. The molecule has 18 heavy (non-hydrogen) atoms. The molecule has 2 heterocycles. The maximum atomic E-state index is 12.2. The van der Waals surface area contributed by atoms with E-state index >= 15 is 0 Å². The Morgan fingerprint density at radius 2 is 2.22 bits per heavy atom. The van der Waals surface area contributed by atoms with Gasteiger partial charge in [0.1, 0.15) is 5.76 Å². The van der Waals surface area contributed by atoms with Crippen LogP contribution >= 0.6 is 0 Å². The maximum absolute atomic E-state index is 12.2.